The molecule has 1 aromatic heterocycles. The second kappa shape index (κ2) is 7.85. The van der Waals surface area contributed by atoms with Crippen LogP contribution < -0.4 is 10.1 Å². The van der Waals surface area contributed by atoms with Crippen LogP contribution in [-0.4, -0.2) is 36.0 Å². The number of hydrogen-bond acceptors (Lipinski definition) is 4. The Labute approximate surface area is 164 Å². The number of aromatic nitrogens is 1. The molecule has 3 rings (SSSR count). The van der Waals surface area contributed by atoms with Gasteiger partial charge in [-0.1, -0.05) is 0 Å². The Kier molecular flexibility index (Phi) is 5.76. The average molecular weight is 469 g/mol. The first-order chi connectivity index (χ1) is 12.0. The number of hydrogen-bond donors (Lipinski definition) is 1. The lowest BCUT2D eigenvalue weighted by Crippen LogP contribution is -2.27. The van der Waals surface area contributed by atoms with Gasteiger partial charge in [-0.15, -0.1) is 0 Å². The minimum absolute atomic E-state index is 0.185. The Hall–Kier alpha value is -1.44. The van der Waals surface area contributed by atoms with E-state index in [0.717, 1.165) is 41.0 Å². The number of nitrogens with one attached hydrogen (secondary N) is 1. The quantitative estimate of drug-likeness (QED) is 0.681. The maximum absolute atomic E-state index is 12.6. The highest BCUT2D eigenvalue weighted by Crippen LogP contribution is 2.29. The fraction of sp³-hybridized carbons (Fsp3) is 0.333. The fourth-order valence-electron chi connectivity index (χ4n) is 2.78. The number of halogens is 2. The molecule has 1 N–H and O–H groups in total. The molecule has 0 radical (unpaired) electrons. The summed E-state index contributed by atoms with van der Waals surface area (Å²) >= 11 is 6.91. The monoisotopic (exact) mass is 467 g/mol. The standard InChI is InChI=1S/C18H19Br2N3O2/c1-3-25-16-5-4-11(8-13(16)19)18(24)22-15-9-12-10-23(2)7-6-14(12)21-17(15)20/h4-5,8-9H,3,6-7,10H2,1-2H3,(H,22,24). The molecule has 7 heteroatoms. The third kappa shape index (κ3) is 4.22. The molecule has 0 saturated carbocycles. The number of nitrogens with zero attached hydrogens (tertiary/aromatic N) is 2. The van der Waals surface area contributed by atoms with Crippen LogP contribution in [0.25, 0.3) is 0 Å². The zero-order valence-corrected chi connectivity index (χ0v) is 17.3. The summed E-state index contributed by atoms with van der Waals surface area (Å²) in [6, 6.07) is 7.30. The summed E-state index contributed by atoms with van der Waals surface area (Å²) in [5, 5.41) is 2.94. The number of fused-ring (bicyclic) bond motifs is 1. The first kappa shape index (κ1) is 18.4. The zero-order chi connectivity index (χ0) is 18.0. The van der Waals surface area contributed by atoms with Gasteiger partial charge in [-0.05, 0) is 75.7 Å². The summed E-state index contributed by atoms with van der Waals surface area (Å²) in [5.74, 6) is 0.536. The van der Waals surface area contributed by atoms with Gasteiger partial charge in [0.2, 0.25) is 0 Å². The molecule has 0 bridgehead atoms. The summed E-state index contributed by atoms with van der Waals surface area (Å²) in [7, 11) is 2.08. The largest absolute Gasteiger partial charge is 0.493 e. The second-order valence-corrected chi connectivity index (χ2v) is 7.56. The molecule has 0 fully saturated rings. The predicted octanol–water partition coefficient (Wildman–Crippen LogP) is 4.25. The van der Waals surface area contributed by atoms with E-state index in [2.05, 4.69) is 54.1 Å². The van der Waals surface area contributed by atoms with Gasteiger partial charge in [-0.2, -0.15) is 0 Å². The lowest BCUT2D eigenvalue weighted by Gasteiger charge is -2.25. The number of carbonyl (C=O) groups is 1. The lowest BCUT2D eigenvalue weighted by molar-refractivity contribution is 0.102. The van der Waals surface area contributed by atoms with Crippen molar-refractivity contribution in [1.82, 2.24) is 9.88 Å². The first-order valence-corrected chi connectivity index (χ1v) is 9.67. The maximum atomic E-state index is 12.6. The fourth-order valence-corrected chi connectivity index (χ4v) is 3.71. The van der Waals surface area contributed by atoms with Gasteiger partial charge < -0.3 is 15.0 Å². The molecule has 132 valence electrons. The molecule has 1 aliphatic rings. The van der Waals surface area contributed by atoms with Crippen LogP contribution in [0, 0.1) is 0 Å². The number of anilines is 1. The molecule has 2 heterocycles. The van der Waals surface area contributed by atoms with Gasteiger partial charge in [0.1, 0.15) is 10.4 Å². The number of ether oxygens (including phenoxy) is 1. The molecule has 25 heavy (non-hydrogen) atoms. The molecule has 0 saturated heterocycles. The summed E-state index contributed by atoms with van der Waals surface area (Å²) in [6.07, 6.45) is 0.921. The number of amides is 1. The van der Waals surface area contributed by atoms with Gasteiger partial charge in [0.15, 0.2) is 0 Å². The molecular formula is C18H19Br2N3O2. The van der Waals surface area contributed by atoms with E-state index in [-0.39, 0.29) is 5.91 Å². The molecule has 5 nitrogen and oxygen atoms in total. The van der Waals surface area contributed by atoms with Crippen LogP contribution in [0.15, 0.2) is 33.3 Å². The average Bonchev–Trinajstić information content (AvgIpc) is 2.58. The van der Waals surface area contributed by atoms with Crippen molar-refractivity contribution in [2.45, 2.75) is 19.9 Å². The van der Waals surface area contributed by atoms with Crippen molar-refractivity contribution in [3.05, 3.63) is 50.2 Å². The van der Waals surface area contributed by atoms with Gasteiger partial charge >= 0.3 is 0 Å². The van der Waals surface area contributed by atoms with Gasteiger partial charge in [0.25, 0.3) is 5.91 Å². The number of likely N-dealkylation sites (N-methyl/N-ethyl adjacent to an activating group) is 1. The molecule has 2 aromatic rings. The van der Waals surface area contributed by atoms with Gasteiger partial charge in [-0.25, -0.2) is 4.98 Å². The normalized spacial score (nSPS) is 14.1. The van der Waals surface area contributed by atoms with E-state index in [1.54, 1.807) is 18.2 Å². The smallest absolute Gasteiger partial charge is 0.255 e. The van der Waals surface area contributed by atoms with Crippen molar-refractivity contribution in [1.29, 1.82) is 0 Å². The van der Waals surface area contributed by atoms with E-state index >= 15 is 0 Å². The van der Waals surface area contributed by atoms with E-state index in [0.29, 0.717) is 22.5 Å². The van der Waals surface area contributed by atoms with E-state index in [9.17, 15) is 4.79 Å². The Morgan fingerprint density at radius 1 is 1.36 bits per heavy atom. The number of benzene rings is 1. The molecule has 0 spiro atoms. The van der Waals surface area contributed by atoms with Crippen LogP contribution in [0.5, 0.6) is 5.75 Å². The molecule has 0 aliphatic carbocycles. The minimum Gasteiger partial charge on any atom is -0.493 e. The van der Waals surface area contributed by atoms with E-state index in [1.807, 2.05) is 13.0 Å². The van der Waals surface area contributed by atoms with Crippen molar-refractivity contribution in [3.8, 4) is 5.75 Å². The van der Waals surface area contributed by atoms with Gasteiger partial charge in [0.05, 0.1) is 16.8 Å². The SMILES string of the molecule is CCOc1ccc(C(=O)Nc2cc3c(nc2Br)CCN(C)C3)cc1Br. The topological polar surface area (TPSA) is 54.5 Å². The third-order valence-electron chi connectivity index (χ3n) is 4.06. The zero-order valence-electron chi connectivity index (χ0n) is 14.1. The van der Waals surface area contributed by atoms with E-state index in [1.165, 1.54) is 0 Å². The molecular weight excluding hydrogens is 450 g/mol. The molecule has 1 aromatic carbocycles. The highest BCUT2D eigenvalue weighted by molar-refractivity contribution is 9.10. The van der Waals surface area contributed by atoms with Crippen LogP contribution in [0.1, 0.15) is 28.5 Å². The number of carbonyl (C=O) groups excluding carboxylic acids is 1. The Bertz CT molecular complexity index is 811. The second-order valence-electron chi connectivity index (χ2n) is 5.95. The molecule has 0 unspecified atom stereocenters. The van der Waals surface area contributed by atoms with Gasteiger partial charge in [0, 0.05) is 30.8 Å². The molecule has 1 aliphatic heterocycles. The van der Waals surface area contributed by atoms with Crippen molar-refractivity contribution in [3.63, 3.8) is 0 Å². The predicted molar refractivity (Wildman–Crippen MR) is 105 cm³/mol. The highest BCUT2D eigenvalue weighted by Gasteiger charge is 2.18. The summed E-state index contributed by atoms with van der Waals surface area (Å²) < 4.78 is 6.90. The number of pyridine rings is 1. The van der Waals surface area contributed by atoms with Crippen LogP contribution in [0.4, 0.5) is 5.69 Å². The Morgan fingerprint density at radius 3 is 2.88 bits per heavy atom. The summed E-state index contributed by atoms with van der Waals surface area (Å²) in [6.45, 7) is 4.34. The summed E-state index contributed by atoms with van der Waals surface area (Å²) in [4.78, 5) is 19.4. The maximum Gasteiger partial charge on any atom is 0.255 e. The van der Waals surface area contributed by atoms with Gasteiger partial charge in [-0.3, -0.25) is 4.79 Å². The van der Waals surface area contributed by atoms with Crippen LogP contribution in [0.3, 0.4) is 0 Å². The van der Waals surface area contributed by atoms with E-state index in [4.69, 9.17) is 4.74 Å². The van der Waals surface area contributed by atoms with Crippen molar-refractivity contribution in [2.75, 3.05) is 25.5 Å². The Morgan fingerprint density at radius 2 is 2.16 bits per heavy atom. The minimum atomic E-state index is -0.185. The molecule has 0 atom stereocenters. The van der Waals surface area contributed by atoms with E-state index < -0.39 is 0 Å². The number of rotatable bonds is 4. The van der Waals surface area contributed by atoms with Crippen molar-refractivity contribution < 1.29 is 9.53 Å². The van der Waals surface area contributed by atoms with Crippen LogP contribution in [-0.2, 0) is 13.0 Å². The van der Waals surface area contributed by atoms with Crippen molar-refractivity contribution >= 4 is 43.5 Å². The third-order valence-corrected chi connectivity index (χ3v) is 5.28. The van der Waals surface area contributed by atoms with Crippen LogP contribution >= 0.6 is 31.9 Å². The highest BCUT2D eigenvalue weighted by atomic mass is 79.9. The summed E-state index contributed by atoms with van der Waals surface area (Å²) in [5.41, 5.74) is 3.48. The molecule has 1 amide bonds. The lowest BCUT2D eigenvalue weighted by atomic mass is 10.1. The van der Waals surface area contributed by atoms with Crippen LogP contribution in [0.2, 0.25) is 0 Å². The Balaban J connectivity index is 1.81. The first-order valence-electron chi connectivity index (χ1n) is 8.08. The van der Waals surface area contributed by atoms with Crippen molar-refractivity contribution in [2.24, 2.45) is 0 Å².